The van der Waals surface area contributed by atoms with Crippen molar-refractivity contribution in [3.8, 4) is 0 Å². The zero-order valence-electron chi connectivity index (χ0n) is 10.9. The molecule has 0 saturated heterocycles. The average Bonchev–Trinajstić information content (AvgIpc) is 2.49. The summed E-state index contributed by atoms with van der Waals surface area (Å²) in [5.41, 5.74) is 4.58. The van der Waals surface area contributed by atoms with Crippen molar-refractivity contribution in [3.63, 3.8) is 0 Å². The molecule has 0 atom stereocenters. The standard InChI is InChI=1S/C16H16N2O/c1-19-17-15-11-12-18(13-7-3-2-4-8-13)16-10-6-5-9-14(15)16/h2-10H,11-12H2,1H3/b17-15+. The minimum absolute atomic E-state index is 0.889. The molecule has 0 saturated carbocycles. The van der Waals surface area contributed by atoms with Crippen LogP contribution in [0.3, 0.4) is 0 Å². The molecule has 3 nitrogen and oxygen atoms in total. The third-order valence-electron chi connectivity index (χ3n) is 3.35. The first kappa shape index (κ1) is 11.8. The van der Waals surface area contributed by atoms with Crippen LogP contribution in [0.2, 0.25) is 0 Å². The summed E-state index contributed by atoms with van der Waals surface area (Å²) in [5.74, 6) is 0. The number of para-hydroxylation sites is 2. The average molecular weight is 252 g/mol. The minimum atomic E-state index is 0.889. The summed E-state index contributed by atoms with van der Waals surface area (Å²) < 4.78 is 0. The third-order valence-corrected chi connectivity index (χ3v) is 3.35. The topological polar surface area (TPSA) is 24.8 Å². The molecule has 2 aromatic rings. The molecule has 0 radical (unpaired) electrons. The lowest BCUT2D eigenvalue weighted by Crippen LogP contribution is -2.28. The smallest absolute Gasteiger partial charge is 0.106 e. The maximum Gasteiger partial charge on any atom is 0.106 e. The highest BCUT2D eigenvalue weighted by Gasteiger charge is 2.22. The number of oxime groups is 1. The van der Waals surface area contributed by atoms with Gasteiger partial charge in [0.05, 0.1) is 11.4 Å². The van der Waals surface area contributed by atoms with Crippen molar-refractivity contribution in [1.82, 2.24) is 0 Å². The van der Waals surface area contributed by atoms with Crippen molar-refractivity contribution in [2.45, 2.75) is 6.42 Å². The molecule has 0 spiro atoms. The fourth-order valence-electron chi connectivity index (χ4n) is 2.51. The first-order valence-electron chi connectivity index (χ1n) is 6.42. The zero-order valence-corrected chi connectivity index (χ0v) is 10.9. The van der Waals surface area contributed by atoms with Gasteiger partial charge in [0.25, 0.3) is 0 Å². The van der Waals surface area contributed by atoms with Crippen LogP contribution in [0, 0.1) is 0 Å². The Kier molecular flexibility index (Phi) is 3.19. The number of hydrogen-bond donors (Lipinski definition) is 0. The predicted molar refractivity (Wildman–Crippen MR) is 78.1 cm³/mol. The largest absolute Gasteiger partial charge is 0.399 e. The van der Waals surface area contributed by atoms with Crippen LogP contribution in [0.4, 0.5) is 11.4 Å². The molecule has 0 aliphatic carbocycles. The maximum atomic E-state index is 4.95. The van der Waals surface area contributed by atoms with Gasteiger partial charge in [0.15, 0.2) is 0 Å². The van der Waals surface area contributed by atoms with Gasteiger partial charge in [-0.3, -0.25) is 0 Å². The van der Waals surface area contributed by atoms with Gasteiger partial charge in [-0.25, -0.2) is 0 Å². The van der Waals surface area contributed by atoms with Crippen LogP contribution in [0.1, 0.15) is 12.0 Å². The Bertz CT molecular complexity index is 593. The predicted octanol–water partition coefficient (Wildman–Crippen LogP) is 3.58. The van der Waals surface area contributed by atoms with Crippen LogP contribution in [0.15, 0.2) is 59.8 Å². The molecule has 0 unspecified atom stereocenters. The Morgan fingerprint density at radius 3 is 2.53 bits per heavy atom. The van der Waals surface area contributed by atoms with E-state index in [0.717, 1.165) is 24.2 Å². The number of anilines is 2. The van der Waals surface area contributed by atoms with E-state index in [1.165, 1.54) is 11.4 Å². The quantitative estimate of drug-likeness (QED) is 0.763. The van der Waals surface area contributed by atoms with E-state index >= 15 is 0 Å². The number of nitrogens with zero attached hydrogens (tertiary/aromatic N) is 2. The third kappa shape index (κ3) is 2.19. The highest BCUT2D eigenvalue weighted by molar-refractivity contribution is 6.07. The molecule has 2 aromatic carbocycles. The summed E-state index contributed by atoms with van der Waals surface area (Å²) in [6.07, 6.45) is 0.889. The summed E-state index contributed by atoms with van der Waals surface area (Å²) >= 11 is 0. The van der Waals surface area contributed by atoms with Crippen molar-refractivity contribution in [2.75, 3.05) is 18.6 Å². The van der Waals surface area contributed by atoms with E-state index in [-0.39, 0.29) is 0 Å². The van der Waals surface area contributed by atoms with Crippen LogP contribution in [0.25, 0.3) is 0 Å². The van der Waals surface area contributed by atoms with Crippen molar-refractivity contribution in [3.05, 3.63) is 60.2 Å². The Morgan fingerprint density at radius 2 is 1.74 bits per heavy atom. The molecule has 0 fully saturated rings. The van der Waals surface area contributed by atoms with E-state index in [9.17, 15) is 0 Å². The Morgan fingerprint density at radius 1 is 1.00 bits per heavy atom. The lowest BCUT2D eigenvalue weighted by molar-refractivity contribution is 0.213. The van der Waals surface area contributed by atoms with E-state index < -0.39 is 0 Å². The lowest BCUT2D eigenvalue weighted by Gasteiger charge is -2.31. The fourth-order valence-corrected chi connectivity index (χ4v) is 2.51. The molecule has 0 amide bonds. The van der Waals surface area contributed by atoms with Gasteiger partial charge >= 0.3 is 0 Å². The molecule has 96 valence electrons. The number of benzene rings is 2. The number of hydrogen-bond acceptors (Lipinski definition) is 3. The molecule has 1 aliphatic rings. The van der Waals surface area contributed by atoms with E-state index in [4.69, 9.17) is 4.84 Å². The van der Waals surface area contributed by atoms with Gasteiger partial charge in [-0.1, -0.05) is 41.6 Å². The van der Waals surface area contributed by atoms with Gasteiger partial charge in [0, 0.05) is 24.2 Å². The van der Waals surface area contributed by atoms with Crippen molar-refractivity contribution in [2.24, 2.45) is 5.16 Å². The summed E-state index contributed by atoms with van der Waals surface area (Å²) in [6, 6.07) is 18.8. The SMILES string of the molecule is CO/N=C1\CCN(c2ccccc2)c2ccccc21. The Labute approximate surface area is 113 Å². The number of fused-ring (bicyclic) bond motifs is 1. The summed E-state index contributed by atoms with van der Waals surface area (Å²) in [7, 11) is 1.60. The molecule has 0 N–H and O–H groups in total. The summed E-state index contributed by atoms with van der Waals surface area (Å²) in [4.78, 5) is 7.27. The number of rotatable bonds is 2. The molecule has 1 aliphatic heterocycles. The van der Waals surface area contributed by atoms with E-state index in [0.29, 0.717) is 0 Å². The van der Waals surface area contributed by atoms with Gasteiger partial charge in [-0.05, 0) is 18.2 Å². The molecule has 19 heavy (non-hydrogen) atoms. The highest BCUT2D eigenvalue weighted by Crippen LogP contribution is 2.33. The van der Waals surface area contributed by atoms with Crippen molar-refractivity contribution < 1.29 is 4.84 Å². The summed E-state index contributed by atoms with van der Waals surface area (Å²) in [6.45, 7) is 0.920. The monoisotopic (exact) mass is 252 g/mol. The highest BCUT2D eigenvalue weighted by atomic mass is 16.6. The molecular weight excluding hydrogens is 236 g/mol. The molecule has 1 heterocycles. The second kappa shape index (κ2) is 5.14. The Balaban J connectivity index is 2.07. The van der Waals surface area contributed by atoms with Crippen LogP contribution >= 0.6 is 0 Å². The zero-order chi connectivity index (χ0) is 13.1. The van der Waals surface area contributed by atoms with Gasteiger partial charge in [0.1, 0.15) is 7.11 Å². The first-order chi connectivity index (χ1) is 9.40. The van der Waals surface area contributed by atoms with Gasteiger partial charge < -0.3 is 9.74 Å². The fraction of sp³-hybridized carbons (Fsp3) is 0.188. The lowest BCUT2D eigenvalue weighted by atomic mass is 9.99. The van der Waals surface area contributed by atoms with Crippen molar-refractivity contribution in [1.29, 1.82) is 0 Å². The van der Waals surface area contributed by atoms with Crippen LogP contribution in [0.5, 0.6) is 0 Å². The van der Waals surface area contributed by atoms with Crippen molar-refractivity contribution >= 4 is 17.1 Å². The second-order valence-corrected chi connectivity index (χ2v) is 4.47. The first-order valence-corrected chi connectivity index (χ1v) is 6.42. The van der Waals surface area contributed by atoms with E-state index in [1.807, 2.05) is 12.1 Å². The molecule has 3 heteroatoms. The van der Waals surface area contributed by atoms with Crippen LogP contribution in [-0.2, 0) is 4.84 Å². The maximum absolute atomic E-state index is 4.95. The second-order valence-electron chi connectivity index (χ2n) is 4.47. The molecular formula is C16H16N2O. The van der Waals surface area contributed by atoms with E-state index in [2.05, 4.69) is 52.5 Å². The summed E-state index contributed by atoms with van der Waals surface area (Å²) in [5, 5.41) is 4.14. The molecule has 0 aromatic heterocycles. The molecule has 3 rings (SSSR count). The molecule has 0 bridgehead atoms. The normalized spacial score (nSPS) is 16.3. The van der Waals surface area contributed by atoms with Crippen LogP contribution in [-0.4, -0.2) is 19.4 Å². The minimum Gasteiger partial charge on any atom is -0.399 e. The van der Waals surface area contributed by atoms with E-state index in [1.54, 1.807) is 7.11 Å². The van der Waals surface area contributed by atoms with Gasteiger partial charge in [0.2, 0.25) is 0 Å². The van der Waals surface area contributed by atoms with Gasteiger partial charge in [-0.15, -0.1) is 0 Å². The Hall–Kier alpha value is -2.29. The van der Waals surface area contributed by atoms with Gasteiger partial charge in [-0.2, -0.15) is 0 Å². The van der Waals surface area contributed by atoms with Crippen LogP contribution < -0.4 is 4.90 Å².